The van der Waals surface area contributed by atoms with Crippen LogP contribution in [0.15, 0.2) is 16.6 Å². The lowest BCUT2D eigenvalue weighted by atomic mass is 10.1. The Morgan fingerprint density at radius 2 is 2.14 bits per heavy atom. The van der Waals surface area contributed by atoms with Crippen molar-refractivity contribution in [1.82, 2.24) is 0 Å². The van der Waals surface area contributed by atoms with Crippen LogP contribution in [0.1, 0.15) is 5.56 Å². The van der Waals surface area contributed by atoms with Gasteiger partial charge >= 0.3 is 5.97 Å². The number of carbonyl (C=O) groups is 1. The molecule has 0 heterocycles. The maximum absolute atomic E-state index is 11.0. The Kier molecular flexibility index (Phi) is 4.23. The van der Waals surface area contributed by atoms with Crippen molar-refractivity contribution in [2.75, 3.05) is 7.11 Å². The first-order valence-corrected chi connectivity index (χ1v) is 5.29. The minimum absolute atomic E-state index is 0.120. The third-order valence-electron chi connectivity index (χ3n) is 1.63. The molecule has 0 saturated carbocycles. The van der Waals surface area contributed by atoms with Gasteiger partial charge in [-0.3, -0.25) is 4.79 Å². The lowest BCUT2D eigenvalue weighted by Crippen LogP contribution is -2.05. The van der Waals surface area contributed by atoms with E-state index in [-0.39, 0.29) is 12.4 Å². The lowest BCUT2D eigenvalue weighted by molar-refractivity contribution is -0.139. The molecule has 0 aliphatic heterocycles. The Balaban J connectivity index is 3.02. The second-order valence-electron chi connectivity index (χ2n) is 2.61. The fourth-order valence-corrected chi connectivity index (χ4v) is 2.02. The minimum atomic E-state index is -0.346. The van der Waals surface area contributed by atoms with E-state index in [1.165, 1.54) is 7.11 Å². The first-order valence-electron chi connectivity index (χ1n) is 3.75. The largest absolute Gasteiger partial charge is 0.469 e. The van der Waals surface area contributed by atoms with Crippen molar-refractivity contribution in [3.05, 3.63) is 32.2 Å². The Labute approximate surface area is 100 Å². The van der Waals surface area contributed by atoms with Crippen molar-refractivity contribution >= 4 is 45.1 Å². The molecule has 0 N–H and O–H groups in total. The summed E-state index contributed by atoms with van der Waals surface area (Å²) in [5.41, 5.74) is 0.651. The monoisotopic (exact) mass is 296 g/mol. The predicted octanol–water partition coefficient (Wildman–Crippen LogP) is 3.47. The van der Waals surface area contributed by atoms with Gasteiger partial charge in [0.05, 0.1) is 23.6 Å². The molecule has 1 aromatic rings. The summed E-state index contributed by atoms with van der Waals surface area (Å²) >= 11 is 15.0. The molecule has 1 aromatic carbocycles. The van der Waals surface area contributed by atoms with Gasteiger partial charge in [0, 0.05) is 4.47 Å². The van der Waals surface area contributed by atoms with Gasteiger partial charge in [-0.05, 0) is 17.7 Å². The molecule has 2 nitrogen and oxygen atoms in total. The Hall–Kier alpha value is -0.250. The van der Waals surface area contributed by atoms with Crippen LogP contribution in [0, 0.1) is 0 Å². The van der Waals surface area contributed by atoms with Crippen LogP contribution in [0.5, 0.6) is 0 Å². The van der Waals surface area contributed by atoms with Crippen LogP contribution in [0.2, 0.25) is 10.0 Å². The summed E-state index contributed by atoms with van der Waals surface area (Å²) in [4.78, 5) is 11.0. The molecule has 76 valence electrons. The van der Waals surface area contributed by atoms with Crippen LogP contribution in [-0.4, -0.2) is 13.1 Å². The van der Waals surface area contributed by atoms with Gasteiger partial charge in [0.1, 0.15) is 0 Å². The maximum atomic E-state index is 11.0. The van der Waals surface area contributed by atoms with Gasteiger partial charge in [-0.1, -0.05) is 39.1 Å². The maximum Gasteiger partial charge on any atom is 0.310 e. The third-order valence-corrected chi connectivity index (χ3v) is 2.93. The van der Waals surface area contributed by atoms with Gasteiger partial charge in [-0.2, -0.15) is 0 Å². The topological polar surface area (TPSA) is 26.3 Å². The number of rotatable bonds is 2. The molecule has 0 radical (unpaired) electrons. The summed E-state index contributed by atoms with van der Waals surface area (Å²) in [5.74, 6) is -0.346. The van der Waals surface area contributed by atoms with E-state index >= 15 is 0 Å². The van der Waals surface area contributed by atoms with E-state index in [9.17, 15) is 4.79 Å². The second-order valence-corrected chi connectivity index (χ2v) is 4.31. The summed E-state index contributed by atoms with van der Waals surface area (Å²) in [7, 11) is 1.33. The van der Waals surface area contributed by atoms with Gasteiger partial charge < -0.3 is 4.74 Å². The summed E-state index contributed by atoms with van der Waals surface area (Å²) in [6.07, 6.45) is 0.120. The van der Waals surface area contributed by atoms with Gasteiger partial charge in [-0.15, -0.1) is 0 Å². The number of hydrogen-bond acceptors (Lipinski definition) is 2. The zero-order chi connectivity index (χ0) is 10.7. The second kappa shape index (κ2) is 5.01. The van der Waals surface area contributed by atoms with Crippen molar-refractivity contribution in [2.24, 2.45) is 0 Å². The molecular formula is C9H7BrCl2O2. The molecule has 0 bridgehead atoms. The van der Waals surface area contributed by atoms with E-state index < -0.39 is 0 Å². The van der Waals surface area contributed by atoms with E-state index in [1.807, 2.05) is 0 Å². The molecular weight excluding hydrogens is 291 g/mol. The molecule has 0 aliphatic rings. The fourth-order valence-electron chi connectivity index (χ4n) is 0.966. The number of ether oxygens (including phenoxy) is 1. The van der Waals surface area contributed by atoms with Crippen molar-refractivity contribution in [1.29, 1.82) is 0 Å². The standard InChI is InChI=1S/C9H7BrCl2O2/c1-14-8(13)3-5-2-6(10)4-7(11)9(5)12/h2,4H,3H2,1H3. The Bertz CT molecular complexity index is 366. The van der Waals surface area contributed by atoms with E-state index in [0.717, 1.165) is 4.47 Å². The number of esters is 1. The van der Waals surface area contributed by atoms with E-state index in [2.05, 4.69) is 20.7 Å². The zero-order valence-electron chi connectivity index (χ0n) is 7.31. The van der Waals surface area contributed by atoms with Crippen LogP contribution in [0.25, 0.3) is 0 Å². The molecule has 0 aromatic heterocycles. The molecule has 5 heteroatoms. The average molecular weight is 298 g/mol. The van der Waals surface area contributed by atoms with Crippen LogP contribution >= 0.6 is 39.1 Å². The molecule has 0 fully saturated rings. The number of carbonyl (C=O) groups excluding carboxylic acids is 1. The first kappa shape index (κ1) is 11.8. The molecule has 0 atom stereocenters. The Morgan fingerprint density at radius 3 is 2.71 bits per heavy atom. The van der Waals surface area contributed by atoms with E-state index in [0.29, 0.717) is 15.6 Å². The molecule has 1 rings (SSSR count). The van der Waals surface area contributed by atoms with Crippen LogP contribution in [0.4, 0.5) is 0 Å². The van der Waals surface area contributed by atoms with Crippen molar-refractivity contribution in [2.45, 2.75) is 6.42 Å². The highest BCUT2D eigenvalue weighted by molar-refractivity contribution is 9.10. The Morgan fingerprint density at radius 1 is 1.50 bits per heavy atom. The molecule has 14 heavy (non-hydrogen) atoms. The number of methoxy groups -OCH3 is 1. The van der Waals surface area contributed by atoms with Gasteiger partial charge in [0.25, 0.3) is 0 Å². The summed E-state index contributed by atoms with van der Waals surface area (Å²) in [6.45, 7) is 0. The molecule has 0 aliphatic carbocycles. The third kappa shape index (κ3) is 2.87. The number of hydrogen-bond donors (Lipinski definition) is 0. The van der Waals surface area contributed by atoms with E-state index in [4.69, 9.17) is 23.2 Å². The van der Waals surface area contributed by atoms with Gasteiger partial charge in [-0.25, -0.2) is 0 Å². The quantitative estimate of drug-likeness (QED) is 0.617. The number of benzene rings is 1. The number of halogens is 3. The molecule has 0 unspecified atom stereocenters. The van der Waals surface area contributed by atoms with Gasteiger partial charge in [0.15, 0.2) is 0 Å². The lowest BCUT2D eigenvalue weighted by Gasteiger charge is -2.05. The predicted molar refractivity (Wildman–Crippen MR) is 59.9 cm³/mol. The smallest absolute Gasteiger partial charge is 0.310 e. The average Bonchev–Trinajstić information content (AvgIpc) is 2.13. The molecule has 0 spiro atoms. The zero-order valence-corrected chi connectivity index (χ0v) is 10.4. The van der Waals surface area contributed by atoms with Crippen molar-refractivity contribution < 1.29 is 9.53 Å². The summed E-state index contributed by atoms with van der Waals surface area (Å²) in [5, 5.41) is 0.806. The van der Waals surface area contributed by atoms with Crippen LogP contribution in [0.3, 0.4) is 0 Å². The van der Waals surface area contributed by atoms with Gasteiger partial charge in [0.2, 0.25) is 0 Å². The minimum Gasteiger partial charge on any atom is -0.469 e. The molecule has 0 saturated heterocycles. The van der Waals surface area contributed by atoms with Crippen molar-refractivity contribution in [3.63, 3.8) is 0 Å². The highest BCUT2D eigenvalue weighted by Crippen LogP contribution is 2.30. The SMILES string of the molecule is COC(=O)Cc1cc(Br)cc(Cl)c1Cl. The first-order chi connectivity index (χ1) is 6.54. The molecule has 0 amide bonds. The van der Waals surface area contributed by atoms with Crippen LogP contribution in [-0.2, 0) is 16.0 Å². The highest BCUT2D eigenvalue weighted by atomic mass is 79.9. The van der Waals surface area contributed by atoms with Crippen molar-refractivity contribution in [3.8, 4) is 0 Å². The van der Waals surface area contributed by atoms with Crippen LogP contribution < -0.4 is 0 Å². The summed E-state index contributed by atoms with van der Waals surface area (Å²) < 4.78 is 5.32. The summed E-state index contributed by atoms with van der Waals surface area (Å²) in [6, 6.07) is 3.41. The fraction of sp³-hybridized carbons (Fsp3) is 0.222. The highest BCUT2D eigenvalue weighted by Gasteiger charge is 2.10. The normalized spacial score (nSPS) is 10.0. The van der Waals surface area contributed by atoms with E-state index in [1.54, 1.807) is 12.1 Å².